The average molecular weight is 944 g/mol. The Morgan fingerprint density at radius 3 is 1.55 bits per heavy atom. The van der Waals surface area contributed by atoms with Crippen LogP contribution in [0.3, 0.4) is 0 Å². The van der Waals surface area contributed by atoms with Crippen molar-refractivity contribution in [1.29, 1.82) is 0 Å². The Morgan fingerprint density at radius 1 is 0.662 bits per heavy atom. The molecule has 0 amide bonds. The third kappa shape index (κ3) is 11.3. The third-order valence-corrected chi connectivity index (χ3v) is 13.4. The molecule has 0 radical (unpaired) electrons. The van der Waals surface area contributed by atoms with Gasteiger partial charge in [-0.25, -0.2) is 19.0 Å². The van der Waals surface area contributed by atoms with Crippen LogP contribution < -0.4 is 14.5 Å². The van der Waals surface area contributed by atoms with Gasteiger partial charge in [0.2, 0.25) is 14.4 Å². The summed E-state index contributed by atoms with van der Waals surface area (Å²) in [4.78, 5) is 32.5. The van der Waals surface area contributed by atoms with Crippen molar-refractivity contribution in [3.8, 4) is 27.7 Å². The van der Waals surface area contributed by atoms with Gasteiger partial charge in [0.1, 0.15) is 6.10 Å². The first-order valence-electron chi connectivity index (χ1n) is 22.0. The Labute approximate surface area is 390 Å². The van der Waals surface area contributed by atoms with Crippen LogP contribution in [0.2, 0.25) is 4.47 Å². The predicted octanol–water partition coefficient (Wildman–Crippen LogP) is 8.96. The van der Waals surface area contributed by atoms with Crippen LogP contribution in [0.1, 0.15) is 102 Å². The number of ether oxygens (including phenoxy) is 1. The SMILES string of the molecule is CC(C)c1noc(N2CCC([C@H](C)O)CC2)n1.Cc1ccc(-c2cn3nc(Cl)sc3n2)cn1.Cc1ccc(-c2cn3nc(O[C@@H](C)C4CCN(c5nc(C(C)C)no5)CC4)sc3n2)cn1. The van der Waals surface area contributed by atoms with E-state index >= 15 is 0 Å². The molecule has 0 unspecified atom stereocenters. The lowest BCUT2D eigenvalue weighted by molar-refractivity contribution is 0.109. The Bertz CT molecular complexity index is 2680. The standard InChI is InChI=1S/C22H27N7O2S.C12H21N3O2.C10H7ClN4S/c1-13(2)19-25-20(31-27-19)28-9-7-16(8-10-28)15(4)30-22-26-29-12-18(24-21(29)32-22)17-6-5-14(3)23-11-17;1-8(2)11-13-12(17-14-11)15-6-4-10(5-7-15)9(3)16;1-6-2-3-7(4-12-6)8-5-15-10(13-8)16-9(11)14-15/h5-6,11-13,15-16H,7-10H2,1-4H3;8-10,16H,4-7H2,1-3H3;2-5H,1H3/t15-;9-;/m00./s1. The maximum absolute atomic E-state index is 9.54. The minimum Gasteiger partial charge on any atom is -0.466 e. The fourth-order valence-corrected chi connectivity index (χ4v) is 9.20. The van der Waals surface area contributed by atoms with Gasteiger partial charge in [-0.2, -0.15) is 9.97 Å². The summed E-state index contributed by atoms with van der Waals surface area (Å²) in [6, 6.07) is 9.22. The van der Waals surface area contributed by atoms with Gasteiger partial charge >= 0.3 is 12.0 Å². The molecular formula is C44H55ClN14O4S2. The summed E-state index contributed by atoms with van der Waals surface area (Å²) < 4.78 is 20.9. The number of pyridine rings is 2. The van der Waals surface area contributed by atoms with Crippen LogP contribution in [0.25, 0.3) is 32.4 Å². The van der Waals surface area contributed by atoms with Gasteiger partial charge in [-0.05, 0) is 112 Å². The molecule has 10 heterocycles. The number of hydrogen-bond acceptors (Lipinski definition) is 18. The minimum absolute atomic E-state index is 0.0719. The molecule has 0 aromatic carbocycles. The number of fused-ring (bicyclic) bond motifs is 2. The van der Waals surface area contributed by atoms with Gasteiger partial charge in [-0.1, -0.05) is 49.3 Å². The molecule has 2 atom stereocenters. The van der Waals surface area contributed by atoms with Crippen LogP contribution in [0, 0.1) is 25.7 Å². The molecule has 65 heavy (non-hydrogen) atoms. The van der Waals surface area contributed by atoms with E-state index in [-0.39, 0.29) is 18.1 Å². The molecule has 1 N–H and O–H groups in total. The third-order valence-electron chi connectivity index (χ3n) is 11.6. The van der Waals surface area contributed by atoms with E-state index in [1.165, 1.54) is 22.7 Å². The number of imidazole rings is 2. The lowest BCUT2D eigenvalue weighted by Crippen LogP contribution is -2.38. The van der Waals surface area contributed by atoms with Crippen molar-refractivity contribution in [3.05, 3.63) is 76.6 Å². The first kappa shape index (κ1) is 46.0. The predicted molar refractivity (Wildman–Crippen MR) is 251 cm³/mol. The van der Waals surface area contributed by atoms with Gasteiger partial charge in [0.25, 0.3) is 5.19 Å². The molecule has 8 aromatic rings. The molecule has 0 bridgehead atoms. The van der Waals surface area contributed by atoms with Crippen molar-refractivity contribution < 1.29 is 18.9 Å². The quantitative estimate of drug-likeness (QED) is 0.136. The van der Waals surface area contributed by atoms with E-state index in [1.54, 1.807) is 9.03 Å². The van der Waals surface area contributed by atoms with Crippen LogP contribution >= 0.6 is 34.3 Å². The first-order valence-corrected chi connectivity index (χ1v) is 24.0. The number of piperidine rings is 2. The van der Waals surface area contributed by atoms with Crippen LogP contribution in [0.4, 0.5) is 12.0 Å². The number of anilines is 2. The van der Waals surface area contributed by atoms with Crippen molar-refractivity contribution >= 4 is 56.2 Å². The lowest BCUT2D eigenvalue weighted by atomic mass is 9.92. The molecule has 0 saturated carbocycles. The number of halogens is 1. The molecular weight excluding hydrogens is 888 g/mol. The van der Waals surface area contributed by atoms with Crippen molar-refractivity contribution in [3.63, 3.8) is 0 Å². The van der Waals surface area contributed by atoms with Gasteiger partial charge in [0, 0.05) is 72.9 Å². The molecule has 18 nitrogen and oxygen atoms in total. The van der Waals surface area contributed by atoms with E-state index in [0.717, 1.165) is 107 Å². The maximum atomic E-state index is 9.54. The fourth-order valence-electron chi connectivity index (χ4n) is 7.49. The van der Waals surface area contributed by atoms with Crippen molar-refractivity contribution in [2.24, 2.45) is 11.8 Å². The number of aliphatic hydroxyl groups is 1. The van der Waals surface area contributed by atoms with Gasteiger partial charge in [-0.3, -0.25) is 9.97 Å². The summed E-state index contributed by atoms with van der Waals surface area (Å²) >= 11 is 8.60. The van der Waals surface area contributed by atoms with Crippen LogP contribution in [0.15, 0.2) is 58.1 Å². The smallest absolute Gasteiger partial charge is 0.324 e. The molecule has 2 aliphatic rings. The van der Waals surface area contributed by atoms with Gasteiger partial charge in [-0.15, -0.1) is 10.2 Å². The normalized spacial score (nSPS) is 15.9. The number of rotatable bonds is 10. The number of aromatic nitrogens is 12. The highest BCUT2D eigenvalue weighted by Gasteiger charge is 2.29. The van der Waals surface area contributed by atoms with Gasteiger partial charge in [0.15, 0.2) is 11.6 Å². The Hall–Kier alpha value is -5.57. The summed E-state index contributed by atoms with van der Waals surface area (Å²) in [5, 5.41) is 26.9. The summed E-state index contributed by atoms with van der Waals surface area (Å²) in [6.07, 6.45) is 11.3. The Kier molecular flexibility index (Phi) is 14.4. The van der Waals surface area contributed by atoms with Crippen LogP contribution in [-0.2, 0) is 0 Å². The second-order valence-electron chi connectivity index (χ2n) is 17.2. The van der Waals surface area contributed by atoms with Crippen molar-refractivity contribution in [2.45, 2.75) is 105 Å². The number of aryl methyl sites for hydroxylation is 2. The molecule has 344 valence electrons. The highest BCUT2D eigenvalue weighted by atomic mass is 35.5. The molecule has 10 rings (SSSR count). The second kappa shape index (κ2) is 20.3. The first-order chi connectivity index (χ1) is 31.3. The molecule has 0 aliphatic carbocycles. The summed E-state index contributed by atoms with van der Waals surface area (Å²) in [7, 11) is 0. The molecule has 0 spiro atoms. The van der Waals surface area contributed by atoms with Crippen LogP contribution in [-0.4, -0.2) is 103 Å². The maximum Gasteiger partial charge on any atom is 0.324 e. The topological polar surface area (TPSA) is 200 Å². The van der Waals surface area contributed by atoms with Crippen molar-refractivity contribution in [2.75, 3.05) is 36.0 Å². The van der Waals surface area contributed by atoms with E-state index in [9.17, 15) is 5.11 Å². The van der Waals surface area contributed by atoms with E-state index in [1.807, 2.05) is 83.7 Å². The summed E-state index contributed by atoms with van der Waals surface area (Å²) in [5.41, 5.74) is 5.68. The van der Waals surface area contributed by atoms with E-state index in [0.29, 0.717) is 39.4 Å². The highest BCUT2D eigenvalue weighted by Crippen LogP contribution is 2.31. The zero-order chi connectivity index (χ0) is 45.8. The van der Waals surface area contributed by atoms with E-state index < -0.39 is 0 Å². The molecule has 2 fully saturated rings. The highest BCUT2D eigenvalue weighted by molar-refractivity contribution is 7.20. The fraction of sp³-hybridized carbons (Fsp3) is 0.500. The number of aliphatic hydroxyl groups excluding tert-OH is 1. The zero-order valence-corrected chi connectivity index (χ0v) is 40.3. The van der Waals surface area contributed by atoms with Gasteiger partial charge < -0.3 is 28.7 Å². The summed E-state index contributed by atoms with van der Waals surface area (Å²) in [5.74, 6) is 2.93. The Balaban J connectivity index is 0.000000147. The molecule has 2 saturated heterocycles. The van der Waals surface area contributed by atoms with E-state index in [4.69, 9.17) is 25.4 Å². The molecule has 21 heteroatoms. The lowest BCUT2D eigenvalue weighted by Gasteiger charge is -2.33. The monoisotopic (exact) mass is 942 g/mol. The van der Waals surface area contributed by atoms with Crippen molar-refractivity contribution in [1.82, 2.24) is 59.4 Å². The molecule has 2 aliphatic heterocycles. The van der Waals surface area contributed by atoms with Crippen LogP contribution in [0.5, 0.6) is 5.19 Å². The van der Waals surface area contributed by atoms with Gasteiger partial charge in [0.05, 0.1) is 29.9 Å². The molecule has 8 aromatic heterocycles. The second-order valence-corrected chi connectivity index (χ2v) is 19.7. The zero-order valence-electron chi connectivity index (χ0n) is 37.9. The largest absolute Gasteiger partial charge is 0.466 e. The Morgan fingerprint density at radius 2 is 1.14 bits per heavy atom. The number of nitrogens with zero attached hydrogens (tertiary/aromatic N) is 14. The average Bonchev–Trinajstić information content (AvgIpc) is 4.16. The van der Waals surface area contributed by atoms with E-state index in [2.05, 4.69) is 81.0 Å². The number of hydrogen-bond donors (Lipinski definition) is 1. The minimum atomic E-state index is -0.217. The summed E-state index contributed by atoms with van der Waals surface area (Å²) in [6.45, 7) is 19.7.